The maximum atomic E-state index is 13.3. The van der Waals surface area contributed by atoms with E-state index in [1.807, 2.05) is 0 Å². The first-order valence-electron chi connectivity index (χ1n) is 4.50. The van der Waals surface area contributed by atoms with Gasteiger partial charge in [0.15, 0.2) is 0 Å². The van der Waals surface area contributed by atoms with Crippen molar-refractivity contribution in [2.24, 2.45) is 0 Å². The van der Waals surface area contributed by atoms with Gasteiger partial charge in [-0.15, -0.1) is 0 Å². The van der Waals surface area contributed by atoms with Crippen LogP contribution >= 0.6 is 0 Å². The first-order chi connectivity index (χ1) is 7.18. The van der Waals surface area contributed by atoms with Gasteiger partial charge in [0.05, 0.1) is 5.56 Å². The highest BCUT2D eigenvalue weighted by molar-refractivity contribution is 5.77. The smallest absolute Gasteiger partial charge is 0.246 e. The normalized spacial score (nSPS) is 21.2. The summed E-state index contributed by atoms with van der Waals surface area (Å²) in [6, 6.07) is 3.62. The summed E-state index contributed by atoms with van der Waals surface area (Å²) in [5, 5.41) is 2.49. The molecular formula is C10H9F2NO2. The summed E-state index contributed by atoms with van der Waals surface area (Å²) < 4.78 is 31.6. The third-order valence-electron chi connectivity index (χ3n) is 2.22. The Balaban J connectivity index is 2.26. The summed E-state index contributed by atoms with van der Waals surface area (Å²) in [7, 11) is 0. The largest absolute Gasteiger partial charge is 0.362 e. The molecule has 1 N–H and O–H groups in total. The third-order valence-corrected chi connectivity index (χ3v) is 2.22. The molecular weight excluding hydrogens is 204 g/mol. The minimum atomic E-state index is -0.746. The Morgan fingerprint density at radius 1 is 1.33 bits per heavy atom. The van der Waals surface area contributed by atoms with Crippen molar-refractivity contribution in [1.82, 2.24) is 5.32 Å². The second-order valence-electron chi connectivity index (χ2n) is 3.24. The van der Waals surface area contributed by atoms with Crippen molar-refractivity contribution in [2.75, 3.05) is 13.2 Å². The molecule has 3 nitrogen and oxygen atoms in total. The van der Waals surface area contributed by atoms with E-state index in [4.69, 9.17) is 4.74 Å². The van der Waals surface area contributed by atoms with E-state index in [1.54, 1.807) is 0 Å². The summed E-state index contributed by atoms with van der Waals surface area (Å²) >= 11 is 0. The molecule has 1 unspecified atom stereocenters. The summed E-state index contributed by atoms with van der Waals surface area (Å²) in [5.74, 6) is -1.59. The molecule has 1 aliphatic heterocycles. The molecule has 0 bridgehead atoms. The van der Waals surface area contributed by atoms with E-state index >= 15 is 0 Å². The first kappa shape index (κ1) is 10.0. The van der Waals surface area contributed by atoms with Gasteiger partial charge in [0, 0.05) is 6.54 Å². The first-order valence-corrected chi connectivity index (χ1v) is 4.50. The van der Waals surface area contributed by atoms with E-state index in [-0.39, 0.29) is 24.6 Å². The van der Waals surface area contributed by atoms with Crippen molar-refractivity contribution in [3.05, 3.63) is 35.4 Å². The second kappa shape index (κ2) is 3.94. The van der Waals surface area contributed by atoms with Gasteiger partial charge in [-0.1, -0.05) is 6.07 Å². The van der Waals surface area contributed by atoms with Gasteiger partial charge >= 0.3 is 0 Å². The molecule has 0 radical (unpaired) electrons. The summed E-state index contributed by atoms with van der Waals surface area (Å²) in [4.78, 5) is 10.8. The topological polar surface area (TPSA) is 38.3 Å². The van der Waals surface area contributed by atoms with Gasteiger partial charge in [-0.25, -0.2) is 8.78 Å². The van der Waals surface area contributed by atoms with Gasteiger partial charge < -0.3 is 10.1 Å². The Hall–Kier alpha value is -1.49. The fraction of sp³-hybridized carbons (Fsp3) is 0.300. The number of nitrogens with one attached hydrogen (secondary N) is 1. The Bertz CT molecular complexity index is 365. The van der Waals surface area contributed by atoms with Crippen LogP contribution in [-0.2, 0) is 9.53 Å². The van der Waals surface area contributed by atoms with Crippen LogP contribution in [0.3, 0.4) is 0 Å². The Labute approximate surface area is 85.0 Å². The number of rotatable bonds is 1. The molecule has 1 atom stereocenters. The lowest BCUT2D eigenvalue weighted by Crippen LogP contribution is -2.39. The summed E-state index contributed by atoms with van der Waals surface area (Å²) in [6.07, 6.45) is -0.746. The number of benzene rings is 1. The third kappa shape index (κ3) is 1.97. The second-order valence-corrected chi connectivity index (χ2v) is 3.24. The molecule has 0 aromatic heterocycles. The molecule has 1 aliphatic rings. The van der Waals surface area contributed by atoms with Gasteiger partial charge in [0.2, 0.25) is 5.91 Å². The van der Waals surface area contributed by atoms with Crippen molar-refractivity contribution < 1.29 is 18.3 Å². The number of morpholine rings is 1. The van der Waals surface area contributed by atoms with Gasteiger partial charge in [0.1, 0.15) is 24.3 Å². The molecule has 1 aromatic carbocycles. The van der Waals surface area contributed by atoms with Crippen LogP contribution in [0.2, 0.25) is 0 Å². The van der Waals surface area contributed by atoms with Gasteiger partial charge in [0.25, 0.3) is 0 Å². The maximum Gasteiger partial charge on any atom is 0.246 e. The fourth-order valence-electron chi connectivity index (χ4n) is 1.50. The van der Waals surface area contributed by atoms with Crippen molar-refractivity contribution in [3.8, 4) is 0 Å². The molecule has 1 saturated heterocycles. The lowest BCUT2D eigenvalue weighted by atomic mass is 10.1. The van der Waals surface area contributed by atoms with Gasteiger partial charge in [-0.2, -0.15) is 0 Å². The van der Waals surface area contributed by atoms with E-state index in [0.29, 0.717) is 0 Å². The molecule has 15 heavy (non-hydrogen) atoms. The molecule has 0 saturated carbocycles. The Morgan fingerprint density at radius 3 is 2.53 bits per heavy atom. The number of amides is 1. The van der Waals surface area contributed by atoms with Crippen molar-refractivity contribution in [3.63, 3.8) is 0 Å². The predicted octanol–water partition coefficient (Wildman–Crippen LogP) is 1.15. The average molecular weight is 213 g/mol. The minimum Gasteiger partial charge on any atom is -0.362 e. The van der Waals surface area contributed by atoms with Crippen molar-refractivity contribution in [2.45, 2.75) is 6.10 Å². The minimum absolute atomic E-state index is 0.0939. The Kier molecular flexibility index (Phi) is 2.64. The number of ether oxygens (including phenoxy) is 1. The fourth-order valence-corrected chi connectivity index (χ4v) is 1.50. The van der Waals surface area contributed by atoms with Crippen LogP contribution in [0, 0.1) is 11.6 Å². The number of hydrogen-bond donors (Lipinski definition) is 1. The number of carbonyl (C=O) groups excluding carboxylic acids is 1. The molecule has 1 amide bonds. The number of carbonyl (C=O) groups is 1. The highest BCUT2D eigenvalue weighted by atomic mass is 19.1. The zero-order valence-electron chi connectivity index (χ0n) is 7.80. The average Bonchev–Trinajstić information content (AvgIpc) is 2.20. The molecule has 2 rings (SSSR count). The van der Waals surface area contributed by atoms with Gasteiger partial charge in [-0.3, -0.25) is 4.79 Å². The number of hydrogen-bond acceptors (Lipinski definition) is 2. The van der Waals surface area contributed by atoms with Crippen LogP contribution in [0.4, 0.5) is 8.78 Å². The lowest BCUT2D eigenvalue weighted by molar-refractivity contribution is -0.133. The highest BCUT2D eigenvalue weighted by Gasteiger charge is 2.25. The van der Waals surface area contributed by atoms with Crippen LogP contribution in [0.15, 0.2) is 18.2 Å². The van der Waals surface area contributed by atoms with Gasteiger partial charge in [-0.05, 0) is 12.1 Å². The molecule has 1 heterocycles. The SMILES string of the molecule is O=C1COC(c2c(F)cccc2F)CN1. The standard InChI is InChI=1S/C10H9F2NO2/c11-6-2-1-3-7(12)10(6)8-4-13-9(14)5-15-8/h1-3,8H,4-5H2,(H,13,14). The van der Waals surface area contributed by atoms with E-state index in [0.717, 1.165) is 12.1 Å². The van der Waals surface area contributed by atoms with Crippen molar-refractivity contribution >= 4 is 5.91 Å². The molecule has 5 heteroatoms. The molecule has 0 spiro atoms. The molecule has 80 valence electrons. The van der Waals surface area contributed by atoms with E-state index in [2.05, 4.69) is 5.32 Å². The van der Waals surface area contributed by atoms with Crippen molar-refractivity contribution in [1.29, 1.82) is 0 Å². The summed E-state index contributed by atoms with van der Waals surface area (Å²) in [5.41, 5.74) is -0.127. The molecule has 1 fully saturated rings. The maximum absolute atomic E-state index is 13.3. The van der Waals surface area contributed by atoms with Crippen LogP contribution in [0.1, 0.15) is 11.7 Å². The van der Waals surface area contributed by atoms with Crippen LogP contribution in [0.25, 0.3) is 0 Å². The molecule has 0 aliphatic carbocycles. The Morgan fingerprint density at radius 2 is 2.00 bits per heavy atom. The highest BCUT2D eigenvalue weighted by Crippen LogP contribution is 2.24. The van der Waals surface area contributed by atoms with E-state index in [1.165, 1.54) is 6.07 Å². The predicted molar refractivity (Wildman–Crippen MR) is 48.1 cm³/mol. The zero-order valence-corrected chi connectivity index (χ0v) is 7.80. The monoisotopic (exact) mass is 213 g/mol. The zero-order chi connectivity index (χ0) is 10.8. The van der Waals surface area contributed by atoms with E-state index < -0.39 is 17.7 Å². The quantitative estimate of drug-likeness (QED) is 0.760. The van der Waals surface area contributed by atoms with Crippen LogP contribution in [0.5, 0.6) is 0 Å². The van der Waals surface area contributed by atoms with E-state index in [9.17, 15) is 13.6 Å². The van der Waals surface area contributed by atoms with Crippen LogP contribution < -0.4 is 5.32 Å². The molecule has 1 aromatic rings. The van der Waals surface area contributed by atoms with Crippen LogP contribution in [-0.4, -0.2) is 19.1 Å². The number of halogens is 2. The summed E-state index contributed by atoms with van der Waals surface area (Å²) in [6.45, 7) is -0.0743. The lowest BCUT2D eigenvalue weighted by Gasteiger charge is -2.23.